The van der Waals surface area contributed by atoms with Gasteiger partial charge in [-0.25, -0.2) is 0 Å². The van der Waals surface area contributed by atoms with Crippen LogP contribution in [0.2, 0.25) is 0 Å². The van der Waals surface area contributed by atoms with Crippen molar-refractivity contribution in [2.24, 2.45) is 23.2 Å². The van der Waals surface area contributed by atoms with Gasteiger partial charge in [-0.05, 0) is 37.0 Å². The minimum absolute atomic E-state index is 0.192. The van der Waals surface area contributed by atoms with Crippen LogP contribution in [0, 0.1) is 23.2 Å². The molecule has 0 aromatic carbocycles. The summed E-state index contributed by atoms with van der Waals surface area (Å²) in [4.78, 5) is 0. The summed E-state index contributed by atoms with van der Waals surface area (Å²) in [6, 6.07) is 0. The average Bonchev–Trinajstić information content (AvgIpc) is 2.21. The second kappa shape index (κ2) is 3.10. The van der Waals surface area contributed by atoms with Gasteiger partial charge in [0.1, 0.15) is 0 Å². The summed E-state index contributed by atoms with van der Waals surface area (Å²) in [6.45, 7) is 9.17. The van der Waals surface area contributed by atoms with E-state index in [4.69, 9.17) is 0 Å². The van der Waals surface area contributed by atoms with Crippen molar-refractivity contribution in [3.8, 4) is 0 Å². The Labute approximate surface area is 87.2 Å². The van der Waals surface area contributed by atoms with Gasteiger partial charge in [-0.15, -0.1) is 0 Å². The molecular weight excluding hydrogens is 172 g/mol. The molecule has 0 spiro atoms. The number of hydrogen-bond donors (Lipinski definition) is 1. The first-order valence-corrected chi connectivity index (χ1v) is 5.82. The molecule has 0 aromatic rings. The first-order valence-electron chi connectivity index (χ1n) is 5.82. The number of hydrogen-bond acceptors (Lipinski definition) is 1. The van der Waals surface area contributed by atoms with Crippen molar-refractivity contribution < 1.29 is 5.11 Å². The summed E-state index contributed by atoms with van der Waals surface area (Å²) >= 11 is 0. The summed E-state index contributed by atoms with van der Waals surface area (Å²) in [5.74, 6) is 1.94. The molecule has 5 atom stereocenters. The molecule has 1 fully saturated rings. The molecule has 0 heterocycles. The fourth-order valence-corrected chi connectivity index (χ4v) is 4.04. The van der Waals surface area contributed by atoms with E-state index in [0.29, 0.717) is 11.8 Å². The van der Waals surface area contributed by atoms with Crippen LogP contribution in [0.25, 0.3) is 0 Å². The highest BCUT2D eigenvalue weighted by Gasteiger charge is 2.50. The minimum atomic E-state index is -0.192. The molecule has 2 rings (SSSR count). The maximum atomic E-state index is 10.0. The zero-order valence-electron chi connectivity index (χ0n) is 9.75. The van der Waals surface area contributed by atoms with Crippen LogP contribution < -0.4 is 0 Å². The molecule has 0 aromatic heterocycles. The standard InChI is InChI=1S/C13H22O/c1-8-5-9(2)12-11(14)6-10(3)13(12,4)7-8/h6,8-9,11-12,14H,5,7H2,1-4H3. The lowest BCUT2D eigenvalue weighted by atomic mass is 9.59. The molecule has 0 saturated heterocycles. The van der Waals surface area contributed by atoms with Gasteiger partial charge in [-0.3, -0.25) is 0 Å². The lowest BCUT2D eigenvalue weighted by molar-refractivity contribution is 0.00689. The predicted molar refractivity (Wildman–Crippen MR) is 58.9 cm³/mol. The second-order valence-corrected chi connectivity index (χ2v) is 5.81. The molecule has 1 heteroatoms. The quantitative estimate of drug-likeness (QED) is 0.588. The molecule has 0 aliphatic heterocycles. The van der Waals surface area contributed by atoms with Crippen molar-refractivity contribution in [3.63, 3.8) is 0 Å². The molecular formula is C13H22O. The smallest absolute Gasteiger partial charge is 0.0762 e. The van der Waals surface area contributed by atoms with Gasteiger partial charge in [0, 0.05) is 5.92 Å². The van der Waals surface area contributed by atoms with E-state index in [1.807, 2.05) is 0 Å². The van der Waals surface area contributed by atoms with E-state index in [-0.39, 0.29) is 11.5 Å². The fraction of sp³-hybridized carbons (Fsp3) is 0.846. The molecule has 14 heavy (non-hydrogen) atoms. The number of aliphatic hydroxyl groups is 1. The van der Waals surface area contributed by atoms with E-state index in [1.165, 1.54) is 18.4 Å². The lowest BCUT2D eigenvalue weighted by Crippen LogP contribution is -2.41. The normalized spacial score (nSPS) is 52.8. The van der Waals surface area contributed by atoms with Crippen LogP contribution in [-0.2, 0) is 0 Å². The molecule has 1 nitrogen and oxygen atoms in total. The van der Waals surface area contributed by atoms with Crippen LogP contribution in [0.1, 0.15) is 40.5 Å². The van der Waals surface area contributed by atoms with Gasteiger partial charge in [0.25, 0.3) is 0 Å². The first-order chi connectivity index (χ1) is 6.45. The van der Waals surface area contributed by atoms with Gasteiger partial charge >= 0.3 is 0 Å². The van der Waals surface area contributed by atoms with Crippen molar-refractivity contribution in [2.45, 2.75) is 46.6 Å². The van der Waals surface area contributed by atoms with Crippen LogP contribution in [0.5, 0.6) is 0 Å². The minimum Gasteiger partial charge on any atom is -0.389 e. The fourth-order valence-electron chi connectivity index (χ4n) is 4.04. The Morgan fingerprint density at radius 1 is 1.43 bits per heavy atom. The monoisotopic (exact) mass is 194 g/mol. The molecule has 1 saturated carbocycles. The molecule has 0 amide bonds. The Morgan fingerprint density at radius 3 is 2.71 bits per heavy atom. The summed E-state index contributed by atoms with van der Waals surface area (Å²) in [5.41, 5.74) is 1.68. The third-order valence-electron chi connectivity index (χ3n) is 4.58. The summed E-state index contributed by atoms with van der Waals surface area (Å²) in [7, 11) is 0. The van der Waals surface area contributed by atoms with Gasteiger partial charge in [-0.2, -0.15) is 0 Å². The molecule has 0 radical (unpaired) electrons. The van der Waals surface area contributed by atoms with Crippen molar-refractivity contribution in [1.82, 2.24) is 0 Å². The number of rotatable bonds is 0. The summed E-state index contributed by atoms with van der Waals surface area (Å²) < 4.78 is 0. The topological polar surface area (TPSA) is 20.2 Å². The number of aliphatic hydroxyl groups excluding tert-OH is 1. The van der Waals surface area contributed by atoms with Crippen LogP contribution in [-0.4, -0.2) is 11.2 Å². The van der Waals surface area contributed by atoms with Crippen molar-refractivity contribution >= 4 is 0 Å². The average molecular weight is 194 g/mol. The highest BCUT2D eigenvalue weighted by Crippen LogP contribution is 2.55. The van der Waals surface area contributed by atoms with Gasteiger partial charge in [0.05, 0.1) is 6.10 Å². The van der Waals surface area contributed by atoms with Crippen LogP contribution in [0.15, 0.2) is 11.6 Å². The van der Waals surface area contributed by atoms with E-state index in [1.54, 1.807) is 0 Å². The van der Waals surface area contributed by atoms with Gasteiger partial charge < -0.3 is 5.11 Å². The van der Waals surface area contributed by atoms with E-state index >= 15 is 0 Å². The van der Waals surface area contributed by atoms with E-state index in [9.17, 15) is 5.11 Å². The van der Waals surface area contributed by atoms with Crippen molar-refractivity contribution in [3.05, 3.63) is 11.6 Å². The Bertz CT molecular complexity index is 268. The molecule has 2 aliphatic carbocycles. The molecule has 1 N–H and O–H groups in total. The Balaban J connectivity index is 2.33. The molecule has 0 bridgehead atoms. The zero-order chi connectivity index (χ0) is 10.5. The third kappa shape index (κ3) is 1.25. The van der Waals surface area contributed by atoms with E-state index in [0.717, 1.165) is 5.92 Å². The SMILES string of the molecule is CC1=CC(O)C2C(C)CC(C)CC12C. The number of allylic oxidation sites excluding steroid dienone is 1. The van der Waals surface area contributed by atoms with Crippen LogP contribution in [0.3, 0.4) is 0 Å². The predicted octanol–water partition coefficient (Wildman–Crippen LogP) is 3.00. The van der Waals surface area contributed by atoms with Gasteiger partial charge in [0.15, 0.2) is 0 Å². The highest BCUT2D eigenvalue weighted by atomic mass is 16.3. The lowest BCUT2D eigenvalue weighted by Gasteiger charge is -2.46. The largest absolute Gasteiger partial charge is 0.389 e. The maximum absolute atomic E-state index is 10.0. The van der Waals surface area contributed by atoms with Gasteiger partial charge in [-0.1, -0.05) is 32.4 Å². The van der Waals surface area contributed by atoms with E-state index in [2.05, 4.69) is 33.8 Å². The second-order valence-electron chi connectivity index (χ2n) is 5.81. The first kappa shape index (κ1) is 10.2. The molecule has 5 unspecified atom stereocenters. The zero-order valence-corrected chi connectivity index (χ0v) is 9.75. The highest BCUT2D eigenvalue weighted by molar-refractivity contribution is 5.25. The molecule has 80 valence electrons. The van der Waals surface area contributed by atoms with Crippen molar-refractivity contribution in [1.29, 1.82) is 0 Å². The Kier molecular flexibility index (Phi) is 2.26. The van der Waals surface area contributed by atoms with E-state index < -0.39 is 0 Å². The van der Waals surface area contributed by atoms with Gasteiger partial charge in [0.2, 0.25) is 0 Å². The number of fused-ring (bicyclic) bond motifs is 1. The van der Waals surface area contributed by atoms with Crippen molar-refractivity contribution in [2.75, 3.05) is 0 Å². The van der Waals surface area contributed by atoms with Crippen LogP contribution >= 0.6 is 0 Å². The Morgan fingerprint density at radius 2 is 2.07 bits per heavy atom. The maximum Gasteiger partial charge on any atom is 0.0762 e. The summed E-state index contributed by atoms with van der Waals surface area (Å²) in [5, 5.41) is 10.0. The third-order valence-corrected chi connectivity index (χ3v) is 4.58. The van der Waals surface area contributed by atoms with Crippen LogP contribution in [0.4, 0.5) is 0 Å². The Hall–Kier alpha value is -0.300. The molecule has 2 aliphatic rings. The summed E-state index contributed by atoms with van der Waals surface area (Å²) in [6.07, 6.45) is 4.42.